The van der Waals surface area contributed by atoms with Crippen molar-refractivity contribution in [1.82, 2.24) is 9.97 Å². The minimum Gasteiger partial charge on any atom is -0.457 e. The molecule has 5 nitrogen and oxygen atoms in total. The second-order valence-corrected chi connectivity index (χ2v) is 5.18. The van der Waals surface area contributed by atoms with Crippen molar-refractivity contribution in [2.75, 3.05) is 5.73 Å². The van der Waals surface area contributed by atoms with E-state index in [0.717, 1.165) is 33.7 Å². The van der Waals surface area contributed by atoms with Gasteiger partial charge in [-0.1, -0.05) is 35.3 Å². The SMILES string of the molecule is Nc1nc[nH+]c2[nH]cc(-c3cccc(Oc4ccccc4)c3)c12. The number of nitrogen functional groups attached to an aromatic ring is 1. The number of nitrogens with one attached hydrogen (secondary N) is 2. The predicted molar refractivity (Wildman–Crippen MR) is 89.0 cm³/mol. The zero-order chi connectivity index (χ0) is 15.6. The van der Waals surface area contributed by atoms with E-state index in [1.54, 1.807) is 6.33 Å². The number of H-pyrrole nitrogens is 2. The molecule has 23 heavy (non-hydrogen) atoms. The van der Waals surface area contributed by atoms with Gasteiger partial charge in [-0.15, -0.1) is 0 Å². The molecule has 112 valence electrons. The summed E-state index contributed by atoms with van der Waals surface area (Å²) in [5, 5.41) is 0.879. The first kappa shape index (κ1) is 13.3. The molecule has 2 aromatic carbocycles. The van der Waals surface area contributed by atoms with Gasteiger partial charge in [0.2, 0.25) is 17.8 Å². The highest BCUT2D eigenvalue weighted by atomic mass is 16.5. The van der Waals surface area contributed by atoms with Crippen molar-refractivity contribution >= 4 is 16.9 Å². The number of nitrogens with zero attached hydrogens (tertiary/aromatic N) is 1. The summed E-state index contributed by atoms with van der Waals surface area (Å²) < 4.78 is 5.89. The van der Waals surface area contributed by atoms with Gasteiger partial charge < -0.3 is 10.5 Å². The molecule has 0 bridgehead atoms. The van der Waals surface area contributed by atoms with Gasteiger partial charge >= 0.3 is 0 Å². The molecule has 2 heterocycles. The van der Waals surface area contributed by atoms with E-state index in [2.05, 4.69) is 15.0 Å². The first-order chi connectivity index (χ1) is 11.3. The van der Waals surface area contributed by atoms with Crippen molar-refractivity contribution < 1.29 is 9.72 Å². The van der Waals surface area contributed by atoms with Gasteiger partial charge in [0.15, 0.2) is 0 Å². The van der Waals surface area contributed by atoms with Crippen LogP contribution in [-0.2, 0) is 0 Å². The van der Waals surface area contributed by atoms with Crippen LogP contribution in [0, 0.1) is 0 Å². The summed E-state index contributed by atoms with van der Waals surface area (Å²) in [5.74, 6) is 2.07. The number of rotatable bonds is 3. The maximum atomic E-state index is 6.02. The molecular formula is C18H15N4O+. The molecule has 2 aromatic heterocycles. The molecule has 0 saturated carbocycles. The van der Waals surface area contributed by atoms with E-state index in [-0.39, 0.29) is 0 Å². The normalized spacial score (nSPS) is 10.8. The van der Waals surface area contributed by atoms with E-state index >= 15 is 0 Å². The van der Waals surface area contributed by atoms with Crippen LogP contribution in [-0.4, -0.2) is 9.97 Å². The molecular weight excluding hydrogens is 288 g/mol. The van der Waals surface area contributed by atoms with Crippen LogP contribution in [0.25, 0.3) is 22.2 Å². The molecule has 0 radical (unpaired) electrons. The van der Waals surface area contributed by atoms with Crippen LogP contribution in [0.3, 0.4) is 0 Å². The van der Waals surface area contributed by atoms with Gasteiger partial charge in [-0.3, -0.25) is 4.98 Å². The molecule has 0 saturated heterocycles. The maximum Gasteiger partial charge on any atom is 0.236 e. The van der Waals surface area contributed by atoms with Crippen LogP contribution in [0.5, 0.6) is 11.5 Å². The largest absolute Gasteiger partial charge is 0.457 e. The Bertz CT molecular complexity index is 963. The Labute approximate surface area is 132 Å². The summed E-state index contributed by atoms with van der Waals surface area (Å²) >= 11 is 0. The lowest BCUT2D eigenvalue weighted by molar-refractivity contribution is -0.352. The van der Waals surface area contributed by atoms with Gasteiger partial charge in [0.1, 0.15) is 16.9 Å². The van der Waals surface area contributed by atoms with Crippen molar-refractivity contribution in [2.45, 2.75) is 0 Å². The Balaban J connectivity index is 1.76. The maximum absolute atomic E-state index is 6.02. The lowest BCUT2D eigenvalue weighted by atomic mass is 10.1. The molecule has 0 aliphatic carbocycles. The fourth-order valence-electron chi connectivity index (χ4n) is 2.61. The number of hydrogen-bond donors (Lipinski definition) is 2. The Morgan fingerprint density at radius 3 is 2.70 bits per heavy atom. The monoisotopic (exact) mass is 303 g/mol. The van der Waals surface area contributed by atoms with Crippen molar-refractivity contribution in [1.29, 1.82) is 0 Å². The highest BCUT2D eigenvalue weighted by molar-refractivity contribution is 5.98. The number of fused-ring (bicyclic) bond motifs is 1. The van der Waals surface area contributed by atoms with E-state index in [4.69, 9.17) is 10.5 Å². The van der Waals surface area contributed by atoms with E-state index in [9.17, 15) is 0 Å². The molecule has 0 aliphatic rings. The van der Waals surface area contributed by atoms with Gasteiger partial charge in [-0.05, 0) is 29.8 Å². The van der Waals surface area contributed by atoms with Crippen molar-refractivity contribution in [3.63, 3.8) is 0 Å². The average molecular weight is 303 g/mol. The highest BCUT2D eigenvalue weighted by Crippen LogP contribution is 2.32. The molecule has 0 unspecified atom stereocenters. The number of benzene rings is 2. The molecule has 0 aliphatic heterocycles. The van der Waals surface area contributed by atoms with Gasteiger partial charge in [-0.25, -0.2) is 4.98 Å². The minimum atomic E-state index is 0.490. The van der Waals surface area contributed by atoms with Crippen LogP contribution < -0.4 is 15.5 Å². The van der Waals surface area contributed by atoms with Crippen LogP contribution in [0.2, 0.25) is 0 Å². The summed E-state index contributed by atoms with van der Waals surface area (Å²) in [5.41, 5.74) is 8.87. The minimum absolute atomic E-state index is 0.490. The second kappa shape index (κ2) is 5.46. The number of para-hydroxylation sites is 1. The first-order valence-electron chi connectivity index (χ1n) is 7.28. The summed E-state index contributed by atoms with van der Waals surface area (Å²) in [7, 11) is 0. The summed E-state index contributed by atoms with van der Waals surface area (Å²) in [6.07, 6.45) is 3.49. The van der Waals surface area contributed by atoms with Crippen molar-refractivity contribution in [2.24, 2.45) is 0 Å². The van der Waals surface area contributed by atoms with Gasteiger partial charge in [-0.2, -0.15) is 0 Å². The number of nitrogens with two attached hydrogens (primary N) is 1. The summed E-state index contributed by atoms with van der Waals surface area (Å²) in [4.78, 5) is 10.4. The smallest absolute Gasteiger partial charge is 0.236 e. The quantitative estimate of drug-likeness (QED) is 0.608. The van der Waals surface area contributed by atoms with E-state index < -0.39 is 0 Å². The second-order valence-electron chi connectivity index (χ2n) is 5.18. The topological polar surface area (TPSA) is 78.1 Å². The highest BCUT2D eigenvalue weighted by Gasteiger charge is 2.15. The third-order valence-corrected chi connectivity index (χ3v) is 3.67. The van der Waals surface area contributed by atoms with E-state index in [0.29, 0.717) is 5.82 Å². The molecule has 4 N–H and O–H groups in total. The third kappa shape index (κ3) is 2.48. The van der Waals surface area contributed by atoms with Crippen LogP contribution in [0.4, 0.5) is 5.82 Å². The molecule has 0 spiro atoms. The van der Waals surface area contributed by atoms with Gasteiger partial charge in [0.05, 0.1) is 6.20 Å². The van der Waals surface area contributed by atoms with E-state index in [1.165, 1.54) is 0 Å². The van der Waals surface area contributed by atoms with Gasteiger partial charge in [0.25, 0.3) is 0 Å². The Kier molecular flexibility index (Phi) is 3.16. The van der Waals surface area contributed by atoms with Crippen LogP contribution in [0.15, 0.2) is 67.1 Å². The first-order valence-corrected chi connectivity index (χ1v) is 7.28. The number of aromatic nitrogens is 3. The fraction of sp³-hybridized carbons (Fsp3) is 0. The third-order valence-electron chi connectivity index (χ3n) is 3.67. The number of anilines is 1. The molecule has 4 aromatic rings. The van der Waals surface area contributed by atoms with E-state index in [1.807, 2.05) is 60.8 Å². The summed E-state index contributed by atoms with van der Waals surface area (Å²) in [6, 6.07) is 17.6. The zero-order valence-corrected chi connectivity index (χ0v) is 12.3. The molecule has 0 atom stereocenters. The Hall–Kier alpha value is -3.34. The Morgan fingerprint density at radius 1 is 1.00 bits per heavy atom. The lowest BCUT2D eigenvalue weighted by Crippen LogP contribution is -2.06. The standard InChI is InChI=1S/C18H14N4O/c19-17-16-15(10-20-18(16)22-11-21-17)12-5-4-8-14(9-12)23-13-6-2-1-3-7-13/h1-11H,(H3,19,20,21,22)/p+1. The Morgan fingerprint density at radius 2 is 1.83 bits per heavy atom. The molecule has 0 fully saturated rings. The van der Waals surface area contributed by atoms with Gasteiger partial charge in [0, 0.05) is 5.56 Å². The lowest BCUT2D eigenvalue weighted by Gasteiger charge is -2.07. The molecule has 4 rings (SSSR count). The average Bonchev–Trinajstić information content (AvgIpc) is 3.02. The van der Waals surface area contributed by atoms with Crippen LogP contribution in [0.1, 0.15) is 0 Å². The fourth-order valence-corrected chi connectivity index (χ4v) is 2.61. The van der Waals surface area contributed by atoms with Crippen LogP contribution >= 0.6 is 0 Å². The summed E-state index contributed by atoms with van der Waals surface area (Å²) in [6.45, 7) is 0. The number of aromatic amines is 2. The predicted octanol–water partition coefficient (Wildman–Crippen LogP) is 3.42. The zero-order valence-electron chi connectivity index (χ0n) is 12.3. The van der Waals surface area contributed by atoms with Crippen molar-refractivity contribution in [3.8, 4) is 22.6 Å². The molecule has 5 heteroatoms. The molecule has 0 amide bonds. The van der Waals surface area contributed by atoms with Crippen molar-refractivity contribution in [3.05, 3.63) is 67.1 Å². The number of hydrogen-bond acceptors (Lipinski definition) is 3. The number of ether oxygens (including phenoxy) is 1.